The highest BCUT2D eigenvalue weighted by atomic mass is 15.0. The number of rotatable bonds is 0. The van der Waals surface area contributed by atoms with Crippen molar-refractivity contribution in [1.82, 2.24) is 0 Å². The first kappa shape index (κ1) is 14.9. The molecule has 0 N–H and O–H groups in total. The summed E-state index contributed by atoms with van der Waals surface area (Å²) >= 11 is 0. The van der Waals surface area contributed by atoms with Crippen molar-refractivity contribution < 1.29 is 0 Å². The Morgan fingerprint density at radius 3 is 1.70 bits per heavy atom. The molecule has 3 saturated carbocycles. The molecule has 3 aliphatic carbocycles. The smallest absolute Gasteiger partial charge is 0.0145 e. The minimum absolute atomic E-state index is 0.436. The van der Waals surface area contributed by atoms with Crippen molar-refractivity contribution in [2.45, 2.75) is 82.1 Å². The molecule has 116 valence electrons. The van der Waals surface area contributed by atoms with Crippen LogP contribution in [0.2, 0.25) is 0 Å². The number of hydrogen-bond donors (Lipinski definition) is 0. The summed E-state index contributed by atoms with van der Waals surface area (Å²) in [7, 11) is 0. The Hall–Kier alpha value is 0. The Bertz CT molecular complexity index is 472. The number of fused-ring (bicyclic) bond motifs is 4. The standard InChI is InChI=1S/C20H36/c1-13-11-12-17(7)18(8)14(2)16(5,6)20(18,10)19(17,9)15(13,3)4/h13-14H,11-12H2,1-10H3. The van der Waals surface area contributed by atoms with E-state index >= 15 is 0 Å². The fourth-order valence-electron chi connectivity index (χ4n) is 8.61. The zero-order valence-corrected chi connectivity index (χ0v) is 15.6. The first-order chi connectivity index (χ1) is 8.78. The van der Waals surface area contributed by atoms with Crippen molar-refractivity contribution in [3.63, 3.8) is 0 Å². The average molecular weight is 277 g/mol. The van der Waals surface area contributed by atoms with Gasteiger partial charge in [0.15, 0.2) is 0 Å². The summed E-state index contributed by atoms with van der Waals surface area (Å²) < 4.78 is 0. The lowest BCUT2D eigenvalue weighted by Crippen LogP contribution is -2.92. The van der Waals surface area contributed by atoms with E-state index in [9.17, 15) is 0 Å². The van der Waals surface area contributed by atoms with Gasteiger partial charge in [0, 0.05) is 0 Å². The molecular weight excluding hydrogens is 240 g/mol. The molecule has 3 fully saturated rings. The van der Waals surface area contributed by atoms with Crippen LogP contribution in [-0.4, -0.2) is 0 Å². The second-order valence-corrected chi connectivity index (χ2v) is 10.4. The van der Waals surface area contributed by atoms with Crippen molar-refractivity contribution >= 4 is 0 Å². The van der Waals surface area contributed by atoms with E-state index in [4.69, 9.17) is 0 Å². The second-order valence-electron chi connectivity index (χ2n) is 10.4. The summed E-state index contributed by atoms with van der Waals surface area (Å²) in [6, 6.07) is 0. The molecule has 0 heteroatoms. The SMILES string of the molecule is CC1CCC2(C)C3(C)C(C)C(C)(C)C3(C)C2(C)C1(C)C. The molecule has 6 unspecified atom stereocenters. The van der Waals surface area contributed by atoms with Crippen molar-refractivity contribution in [3.8, 4) is 0 Å². The van der Waals surface area contributed by atoms with Crippen LogP contribution < -0.4 is 0 Å². The second kappa shape index (κ2) is 3.18. The molecule has 3 rings (SSSR count). The predicted molar refractivity (Wildman–Crippen MR) is 87.6 cm³/mol. The summed E-state index contributed by atoms with van der Waals surface area (Å²) in [4.78, 5) is 0. The fourth-order valence-corrected chi connectivity index (χ4v) is 8.61. The molecule has 3 aliphatic rings. The molecule has 0 bridgehead atoms. The maximum Gasteiger partial charge on any atom is -0.0145 e. The van der Waals surface area contributed by atoms with E-state index in [-0.39, 0.29) is 0 Å². The molecule has 0 nitrogen and oxygen atoms in total. The van der Waals surface area contributed by atoms with Gasteiger partial charge in [0.1, 0.15) is 0 Å². The van der Waals surface area contributed by atoms with Crippen LogP contribution in [0.25, 0.3) is 0 Å². The Labute approximate surface area is 127 Å². The Kier molecular flexibility index (Phi) is 2.37. The van der Waals surface area contributed by atoms with E-state index in [0.717, 1.165) is 11.8 Å². The first-order valence-electron chi connectivity index (χ1n) is 8.78. The molecule has 20 heavy (non-hydrogen) atoms. The summed E-state index contributed by atoms with van der Waals surface area (Å²) in [6.07, 6.45) is 2.85. The Balaban J connectivity index is 2.25. The maximum absolute atomic E-state index is 2.65. The van der Waals surface area contributed by atoms with Gasteiger partial charge < -0.3 is 0 Å². The van der Waals surface area contributed by atoms with E-state index in [0.29, 0.717) is 32.5 Å². The van der Waals surface area contributed by atoms with Crippen LogP contribution >= 0.6 is 0 Å². The van der Waals surface area contributed by atoms with Crippen molar-refractivity contribution in [2.75, 3.05) is 0 Å². The molecule has 0 aromatic rings. The van der Waals surface area contributed by atoms with Crippen LogP contribution in [0.1, 0.15) is 82.1 Å². The van der Waals surface area contributed by atoms with Crippen LogP contribution in [0.4, 0.5) is 0 Å². The van der Waals surface area contributed by atoms with E-state index in [1.54, 1.807) is 0 Å². The highest BCUT2D eigenvalue weighted by Gasteiger charge is 2.93. The average Bonchev–Trinajstić information content (AvgIpc) is 2.38. The van der Waals surface area contributed by atoms with Gasteiger partial charge >= 0.3 is 0 Å². The van der Waals surface area contributed by atoms with Gasteiger partial charge in [0.25, 0.3) is 0 Å². The van der Waals surface area contributed by atoms with E-state index in [1.165, 1.54) is 12.8 Å². The molecule has 0 amide bonds. The lowest BCUT2D eigenvalue weighted by molar-refractivity contribution is -0.502. The van der Waals surface area contributed by atoms with Crippen LogP contribution in [0.15, 0.2) is 0 Å². The van der Waals surface area contributed by atoms with Crippen LogP contribution in [0.3, 0.4) is 0 Å². The first-order valence-corrected chi connectivity index (χ1v) is 8.78. The third kappa shape index (κ3) is 0.855. The fraction of sp³-hybridized carbons (Fsp3) is 1.00. The molecular formula is C20H36. The zero-order chi connectivity index (χ0) is 15.6. The normalized spacial score (nSPS) is 62.7. The number of hydrogen-bond acceptors (Lipinski definition) is 0. The van der Waals surface area contributed by atoms with Gasteiger partial charge in [-0.2, -0.15) is 0 Å². The third-order valence-corrected chi connectivity index (χ3v) is 11.1. The monoisotopic (exact) mass is 276 g/mol. The van der Waals surface area contributed by atoms with Gasteiger partial charge in [0.2, 0.25) is 0 Å². The van der Waals surface area contributed by atoms with Crippen LogP contribution in [0, 0.1) is 44.3 Å². The topological polar surface area (TPSA) is 0 Å². The molecule has 0 spiro atoms. The zero-order valence-electron chi connectivity index (χ0n) is 15.6. The highest BCUT2D eigenvalue weighted by molar-refractivity contribution is 5.40. The summed E-state index contributed by atoms with van der Waals surface area (Å²) in [5, 5.41) is 0. The van der Waals surface area contributed by atoms with E-state index in [1.807, 2.05) is 0 Å². The minimum Gasteiger partial charge on any atom is -0.0620 e. The summed E-state index contributed by atoms with van der Waals surface area (Å²) in [5.41, 5.74) is 2.86. The molecule has 0 saturated heterocycles. The largest absolute Gasteiger partial charge is 0.0620 e. The third-order valence-electron chi connectivity index (χ3n) is 11.1. The predicted octanol–water partition coefficient (Wildman–Crippen LogP) is 6.16. The summed E-state index contributed by atoms with van der Waals surface area (Å²) in [5.74, 6) is 1.68. The van der Waals surface area contributed by atoms with Crippen molar-refractivity contribution in [3.05, 3.63) is 0 Å². The molecule has 0 heterocycles. The van der Waals surface area contributed by atoms with E-state index < -0.39 is 0 Å². The van der Waals surface area contributed by atoms with Gasteiger partial charge in [0.05, 0.1) is 0 Å². The summed E-state index contributed by atoms with van der Waals surface area (Å²) in [6.45, 7) is 25.8. The molecule has 0 aliphatic heterocycles. The van der Waals surface area contributed by atoms with E-state index in [2.05, 4.69) is 69.2 Å². The lowest BCUT2D eigenvalue weighted by atomic mass is 9.07. The maximum atomic E-state index is 2.65. The van der Waals surface area contributed by atoms with Crippen LogP contribution in [-0.2, 0) is 0 Å². The quantitative estimate of drug-likeness (QED) is 0.497. The van der Waals surface area contributed by atoms with Gasteiger partial charge in [-0.15, -0.1) is 0 Å². The van der Waals surface area contributed by atoms with Gasteiger partial charge in [-0.05, 0) is 57.2 Å². The van der Waals surface area contributed by atoms with Crippen LogP contribution in [0.5, 0.6) is 0 Å². The Morgan fingerprint density at radius 1 is 0.700 bits per heavy atom. The molecule has 0 aromatic heterocycles. The molecule has 0 aromatic carbocycles. The molecule has 6 atom stereocenters. The Morgan fingerprint density at radius 2 is 1.20 bits per heavy atom. The lowest BCUT2D eigenvalue weighted by Gasteiger charge is -2.97. The molecule has 0 radical (unpaired) electrons. The van der Waals surface area contributed by atoms with Crippen molar-refractivity contribution in [2.24, 2.45) is 44.3 Å². The van der Waals surface area contributed by atoms with Gasteiger partial charge in [-0.3, -0.25) is 0 Å². The van der Waals surface area contributed by atoms with Gasteiger partial charge in [-0.25, -0.2) is 0 Å². The van der Waals surface area contributed by atoms with Gasteiger partial charge in [-0.1, -0.05) is 69.2 Å². The van der Waals surface area contributed by atoms with Crippen molar-refractivity contribution in [1.29, 1.82) is 0 Å². The highest BCUT2D eigenvalue weighted by Crippen LogP contribution is 2.98. The minimum atomic E-state index is 0.436.